The number of rotatable bonds is 4. The first-order valence-corrected chi connectivity index (χ1v) is 5.89. The van der Waals surface area contributed by atoms with Crippen molar-refractivity contribution in [3.63, 3.8) is 0 Å². The summed E-state index contributed by atoms with van der Waals surface area (Å²) in [5.74, 6) is 0.298. The fraction of sp³-hybridized carbons (Fsp3) is 1.00. The van der Waals surface area contributed by atoms with Crippen LogP contribution in [-0.4, -0.2) is 64.1 Å². The zero-order valence-electron chi connectivity index (χ0n) is 9.07. The quantitative estimate of drug-likeness (QED) is 0.370. The molecule has 1 unspecified atom stereocenters. The third kappa shape index (κ3) is 6.50. The fourth-order valence-electron chi connectivity index (χ4n) is 1.48. The van der Waals surface area contributed by atoms with E-state index in [1.165, 1.54) is 0 Å². The van der Waals surface area contributed by atoms with Gasteiger partial charge >= 0.3 is 29.6 Å². The monoisotopic (exact) mass is 228 g/mol. The minimum atomic E-state index is -1.86. The van der Waals surface area contributed by atoms with Crippen LogP contribution in [0.4, 0.5) is 0 Å². The zero-order valence-corrected chi connectivity index (χ0v) is 11.9. The maximum absolute atomic E-state index is 10.3. The van der Waals surface area contributed by atoms with Gasteiger partial charge in [0, 0.05) is 31.9 Å². The van der Waals surface area contributed by atoms with E-state index in [0.717, 1.165) is 39.1 Å². The van der Waals surface area contributed by atoms with Crippen molar-refractivity contribution in [1.29, 1.82) is 0 Å². The Morgan fingerprint density at radius 2 is 1.86 bits per heavy atom. The molecule has 0 bridgehead atoms. The van der Waals surface area contributed by atoms with Gasteiger partial charge in [-0.05, 0) is 20.0 Å². The van der Waals surface area contributed by atoms with Crippen LogP contribution in [0.1, 0.15) is 6.42 Å². The molecule has 1 saturated heterocycles. The van der Waals surface area contributed by atoms with E-state index in [9.17, 15) is 8.76 Å². The van der Waals surface area contributed by atoms with E-state index >= 15 is 0 Å². The molecule has 14 heavy (non-hydrogen) atoms. The molecule has 0 amide bonds. The summed E-state index contributed by atoms with van der Waals surface area (Å²) in [5, 5.41) is 0. The van der Waals surface area contributed by atoms with Gasteiger partial charge in [0.25, 0.3) is 0 Å². The third-order valence-corrected chi connectivity index (χ3v) is 3.00. The molecular formula is C8H17N2NaO2S. The van der Waals surface area contributed by atoms with Crippen LogP contribution in [0.5, 0.6) is 0 Å². The molecule has 1 aliphatic rings. The summed E-state index contributed by atoms with van der Waals surface area (Å²) in [6.07, 6.45) is 0.764. The fourth-order valence-corrected chi connectivity index (χ4v) is 1.84. The standard InChI is InChI=1S/C8H18N2O2S.Na/c1-9-4-6-10(7-5-9)3-2-8-13(11)12;/h2-8H2,1H3,(H,11,12);/q;+1/p-1. The first-order chi connectivity index (χ1) is 6.18. The number of nitrogens with zero attached hydrogens (tertiary/aromatic N) is 2. The second-order valence-corrected chi connectivity index (χ2v) is 4.52. The summed E-state index contributed by atoms with van der Waals surface area (Å²) in [6.45, 7) is 5.26. The molecule has 0 saturated carbocycles. The average molecular weight is 228 g/mol. The molecule has 4 nitrogen and oxygen atoms in total. The second-order valence-electron chi connectivity index (χ2n) is 3.51. The van der Waals surface area contributed by atoms with Crippen LogP contribution < -0.4 is 29.6 Å². The summed E-state index contributed by atoms with van der Waals surface area (Å²) in [6, 6.07) is 0. The largest absolute Gasteiger partial charge is 1.00 e. The maximum atomic E-state index is 10.3. The predicted octanol–water partition coefficient (Wildman–Crippen LogP) is -3.49. The van der Waals surface area contributed by atoms with Gasteiger partial charge in [0.1, 0.15) is 0 Å². The smallest absolute Gasteiger partial charge is 0.772 e. The summed E-state index contributed by atoms with van der Waals surface area (Å²) in [7, 11) is 2.12. The molecular weight excluding hydrogens is 211 g/mol. The van der Waals surface area contributed by atoms with E-state index in [1.54, 1.807) is 0 Å². The van der Waals surface area contributed by atoms with Gasteiger partial charge in [0.2, 0.25) is 0 Å². The number of hydrogen-bond donors (Lipinski definition) is 0. The minimum absolute atomic E-state index is 0. The predicted molar refractivity (Wildman–Crippen MR) is 52.3 cm³/mol. The normalized spacial score (nSPS) is 21.6. The van der Waals surface area contributed by atoms with Crippen molar-refractivity contribution in [3.05, 3.63) is 0 Å². The van der Waals surface area contributed by atoms with Crippen LogP contribution in [0.2, 0.25) is 0 Å². The summed E-state index contributed by atoms with van der Waals surface area (Å²) in [5.41, 5.74) is 0. The van der Waals surface area contributed by atoms with E-state index in [4.69, 9.17) is 0 Å². The zero-order chi connectivity index (χ0) is 9.68. The van der Waals surface area contributed by atoms with Gasteiger partial charge in [0.15, 0.2) is 0 Å². The third-order valence-electron chi connectivity index (χ3n) is 2.38. The maximum Gasteiger partial charge on any atom is 1.00 e. The topological polar surface area (TPSA) is 46.6 Å². The van der Waals surface area contributed by atoms with E-state index < -0.39 is 11.1 Å². The Hall–Kier alpha value is 1.03. The van der Waals surface area contributed by atoms with Gasteiger partial charge < -0.3 is 14.4 Å². The van der Waals surface area contributed by atoms with Gasteiger partial charge in [-0.3, -0.25) is 4.21 Å². The molecule has 1 atom stereocenters. The molecule has 0 aromatic rings. The summed E-state index contributed by atoms with van der Waals surface area (Å²) < 4.78 is 20.5. The van der Waals surface area contributed by atoms with Gasteiger partial charge in [-0.15, -0.1) is 0 Å². The summed E-state index contributed by atoms with van der Waals surface area (Å²) in [4.78, 5) is 4.62. The summed E-state index contributed by atoms with van der Waals surface area (Å²) >= 11 is -1.86. The molecule has 1 aliphatic heterocycles. The minimum Gasteiger partial charge on any atom is -0.772 e. The molecule has 0 aromatic carbocycles. The Kier molecular flexibility index (Phi) is 8.82. The SMILES string of the molecule is CN1CCN(CCCS(=O)[O-])CC1.[Na+]. The van der Waals surface area contributed by atoms with Crippen molar-refractivity contribution in [3.8, 4) is 0 Å². The first-order valence-electron chi connectivity index (χ1n) is 4.65. The van der Waals surface area contributed by atoms with Crippen LogP contribution in [-0.2, 0) is 11.1 Å². The Morgan fingerprint density at radius 3 is 2.36 bits per heavy atom. The Morgan fingerprint density at radius 1 is 1.29 bits per heavy atom. The molecule has 6 heteroatoms. The number of hydrogen-bond acceptors (Lipinski definition) is 4. The molecule has 78 valence electrons. The van der Waals surface area contributed by atoms with Crippen molar-refractivity contribution in [2.45, 2.75) is 6.42 Å². The average Bonchev–Trinajstić information content (AvgIpc) is 2.08. The van der Waals surface area contributed by atoms with Crippen LogP contribution in [0.15, 0.2) is 0 Å². The van der Waals surface area contributed by atoms with E-state index in [-0.39, 0.29) is 29.6 Å². The second kappa shape index (κ2) is 8.21. The van der Waals surface area contributed by atoms with E-state index in [2.05, 4.69) is 16.8 Å². The molecule has 1 rings (SSSR count). The molecule has 1 heterocycles. The van der Waals surface area contributed by atoms with Gasteiger partial charge in [-0.1, -0.05) is 11.1 Å². The van der Waals surface area contributed by atoms with Crippen LogP contribution in [0, 0.1) is 0 Å². The van der Waals surface area contributed by atoms with Crippen LogP contribution in [0.25, 0.3) is 0 Å². The number of likely N-dealkylation sites (N-methyl/N-ethyl adjacent to an activating group) is 1. The van der Waals surface area contributed by atoms with Gasteiger partial charge in [-0.25, -0.2) is 0 Å². The van der Waals surface area contributed by atoms with Crippen molar-refractivity contribution < 1.29 is 38.3 Å². The van der Waals surface area contributed by atoms with Gasteiger partial charge in [-0.2, -0.15) is 0 Å². The van der Waals surface area contributed by atoms with Crippen molar-refractivity contribution in [2.75, 3.05) is 45.5 Å². The van der Waals surface area contributed by atoms with Crippen molar-refractivity contribution in [1.82, 2.24) is 9.80 Å². The molecule has 0 radical (unpaired) electrons. The van der Waals surface area contributed by atoms with E-state index in [0.29, 0.717) is 5.75 Å². The van der Waals surface area contributed by atoms with Crippen LogP contribution >= 0.6 is 0 Å². The number of piperazine rings is 1. The molecule has 0 N–H and O–H groups in total. The van der Waals surface area contributed by atoms with Crippen LogP contribution in [0.3, 0.4) is 0 Å². The Labute approximate surface area is 111 Å². The first kappa shape index (κ1) is 15.0. The van der Waals surface area contributed by atoms with Gasteiger partial charge in [0.05, 0.1) is 0 Å². The van der Waals surface area contributed by atoms with Crippen molar-refractivity contribution in [2.24, 2.45) is 0 Å². The molecule has 1 fully saturated rings. The van der Waals surface area contributed by atoms with Crippen molar-refractivity contribution >= 4 is 11.1 Å². The molecule has 0 aliphatic carbocycles. The molecule has 0 spiro atoms. The Balaban J connectivity index is 0.00000169. The Bertz CT molecular complexity index is 175. The molecule has 0 aromatic heterocycles. The van der Waals surface area contributed by atoms with E-state index in [1.807, 2.05) is 0 Å².